The van der Waals surface area contributed by atoms with Crippen LogP contribution in [0.3, 0.4) is 0 Å². The summed E-state index contributed by atoms with van der Waals surface area (Å²) in [5, 5.41) is 1.64. The highest BCUT2D eigenvalue weighted by molar-refractivity contribution is 6.38. The molecule has 0 saturated heterocycles. The van der Waals surface area contributed by atoms with Crippen LogP contribution in [0.15, 0.2) is 30.3 Å². The molecule has 12 heteroatoms. The van der Waals surface area contributed by atoms with Gasteiger partial charge in [-0.1, -0.05) is 35.3 Å². The Morgan fingerprint density at radius 1 is 1.00 bits per heavy atom. The minimum absolute atomic E-state index is 0.461. The Hall–Kier alpha value is -2.33. The number of carbonyl (C=O) groups is 1. The van der Waals surface area contributed by atoms with Crippen molar-refractivity contribution in [3.63, 3.8) is 0 Å². The summed E-state index contributed by atoms with van der Waals surface area (Å²) in [6, 6.07) is 3.85. The number of para-hydroxylation sites is 1. The molecule has 0 bridgehead atoms. The largest absolute Gasteiger partial charge is 0.456 e. The van der Waals surface area contributed by atoms with Gasteiger partial charge in [-0.2, -0.15) is 31.4 Å². The van der Waals surface area contributed by atoms with Crippen LogP contribution in [0.5, 0.6) is 0 Å². The van der Waals surface area contributed by atoms with Crippen LogP contribution in [0.1, 0.15) is 16.1 Å². The molecule has 0 fully saturated rings. The normalized spacial score (nSPS) is 12.6. The van der Waals surface area contributed by atoms with Crippen molar-refractivity contribution in [2.24, 2.45) is 0 Å². The first kappa shape index (κ1) is 20.4. The number of halogens is 9. The Balaban J connectivity index is 2.36. The molecule has 28 heavy (non-hydrogen) atoms. The van der Waals surface area contributed by atoms with Crippen molar-refractivity contribution in [3.05, 3.63) is 57.5 Å². The zero-order valence-electron chi connectivity index (χ0n) is 13.1. The van der Waals surface area contributed by atoms with Crippen LogP contribution in [-0.4, -0.2) is 21.7 Å². The van der Waals surface area contributed by atoms with Gasteiger partial charge < -0.3 is 0 Å². The van der Waals surface area contributed by atoms with Crippen molar-refractivity contribution < 1.29 is 35.5 Å². The molecule has 148 valence electrons. The van der Waals surface area contributed by atoms with E-state index >= 15 is 0 Å². The van der Waals surface area contributed by atoms with E-state index in [1.165, 1.54) is 0 Å². The van der Waals surface area contributed by atoms with Gasteiger partial charge in [0.15, 0.2) is 0 Å². The van der Waals surface area contributed by atoms with Crippen molar-refractivity contribution in [3.8, 4) is 5.69 Å². The smallest absolute Gasteiger partial charge is 0.282 e. The third-order valence-corrected chi connectivity index (χ3v) is 4.26. The highest BCUT2D eigenvalue weighted by Crippen LogP contribution is 2.39. The first-order valence-corrected chi connectivity index (χ1v) is 7.93. The molecule has 0 N–H and O–H groups in total. The number of fused-ring (bicyclic) bond motifs is 1. The molecule has 0 spiro atoms. The van der Waals surface area contributed by atoms with E-state index in [9.17, 15) is 35.5 Å². The molecule has 2 aromatic carbocycles. The first-order chi connectivity index (χ1) is 12.8. The van der Waals surface area contributed by atoms with Crippen molar-refractivity contribution in [2.75, 3.05) is 0 Å². The summed E-state index contributed by atoms with van der Waals surface area (Å²) in [5.74, 6) is -3.45. The fraction of sp³-hybridized carbons (Fsp3) is 0.125. The first-order valence-electron chi connectivity index (χ1n) is 7.17. The minimum atomic E-state index is -5.31. The van der Waals surface area contributed by atoms with Gasteiger partial charge >= 0.3 is 12.4 Å². The molecule has 3 nitrogen and oxygen atoms in total. The molecule has 0 aliphatic rings. The Labute approximate surface area is 161 Å². The Kier molecular flexibility index (Phi) is 4.83. The number of carbonyl (C=O) groups excluding carboxylic acids is 1. The van der Waals surface area contributed by atoms with E-state index in [1.807, 2.05) is 0 Å². The maximum atomic E-state index is 14.3. The lowest BCUT2D eigenvalue weighted by Gasteiger charge is -2.13. The number of nitrogens with zero attached hydrogens (tertiary/aromatic N) is 2. The molecule has 0 aliphatic carbocycles. The second-order valence-electron chi connectivity index (χ2n) is 5.51. The van der Waals surface area contributed by atoms with Gasteiger partial charge in [0.1, 0.15) is 22.7 Å². The van der Waals surface area contributed by atoms with Gasteiger partial charge in [0, 0.05) is 5.39 Å². The van der Waals surface area contributed by atoms with Gasteiger partial charge in [0.2, 0.25) is 0 Å². The van der Waals surface area contributed by atoms with Crippen LogP contribution >= 0.6 is 23.2 Å². The minimum Gasteiger partial charge on any atom is -0.282 e. The zero-order chi connectivity index (χ0) is 21.0. The maximum Gasteiger partial charge on any atom is 0.456 e. The number of hydrogen-bond donors (Lipinski definition) is 0. The van der Waals surface area contributed by atoms with Crippen LogP contribution in [0.2, 0.25) is 10.0 Å². The van der Waals surface area contributed by atoms with E-state index in [4.69, 9.17) is 23.2 Å². The van der Waals surface area contributed by atoms with Gasteiger partial charge in [-0.05, 0) is 18.2 Å². The van der Waals surface area contributed by atoms with Crippen LogP contribution in [0.4, 0.5) is 30.7 Å². The summed E-state index contributed by atoms with van der Waals surface area (Å²) in [6.45, 7) is 0. The lowest BCUT2D eigenvalue weighted by molar-refractivity contribution is -0.137. The third kappa shape index (κ3) is 3.42. The quantitative estimate of drug-likeness (QED) is 0.346. The number of rotatable bonds is 2. The lowest BCUT2D eigenvalue weighted by atomic mass is 10.1. The Morgan fingerprint density at radius 3 is 2.07 bits per heavy atom. The van der Waals surface area contributed by atoms with E-state index in [0.29, 0.717) is 16.8 Å². The zero-order valence-corrected chi connectivity index (χ0v) is 14.6. The van der Waals surface area contributed by atoms with Crippen molar-refractivity contribution in [1.82, 2.24) is 9.78 Å². The van der Waals surface area contributed by atoms with Crippen LogP contribution in [-0.2, 0) is 6.18 Å². The predicted molar refractivity (Wildman–Crippen MR) is 86.4 cm³/mol. The summed E-state index contributed by atoms with van der Waals surface area (Å²) in [7, 11) is 0. The highest BCUT2D eigenvalue weighted by Gasteiger charge is 2.42. The van der Waals surface area contributed by atoms with Crippen molar-refractivity contribution in [2.45, 2.75) is 12.4 Å². The number of alkyl halides is 6. The number of Topliss-reactive ketones (excluding diaryl/α,β-unsaturated/α-hetero) is 1. The fourth-order valence-electron chi connectivity index (χ4n) is 2.52. The highest BCUT2D eigenvalue weighted by atomic mass is 35.5. The van der Waals surface area contributed by atoms with Gasteiger partial charge in [0.25, 0.3) is 5.78 Å². The second-order valence-corrected chi connectivity index (χ2v) is 6.32. The summed E-state index contributed by atoms with van der Waals surface area (Å²) in [4.78, 5) is 11.7. The molecule has 0 radical (unpaired) electrons. The van der Waals surface area contributed by atoms with E-state index in [2.05, 4.69) is 5.10 Å². The SMILES string of the molecule is O=C(c1nn(-c2c(Cl)cc(C(F)(F)F)cc2Cl)c2c(F)cccc12)C(F)(F)F. The van der Waals surface area contributed by atoms with Gasteiger partial charge in [0.05, 0.1) is 15.6 Å². The van der Waals surface area contributed by atoms with Gasteiger partial charge in [-0.3, -0.25) is 4.79 Å². The maximum absolute atomic E-state index is 14.3. The Bertz CT molecular complexity index is 1080. The molecule has 0 unspecified atom stereocenters. The average molecular weight is 445 g/mol. The fourth-order valence-corrected chi connectivity index (χ4v) is 3.17. The summed E-state index contributed by atoms with van der Waals surface area (Å²) < 4.78 is 92.0. The van der Waals surface area contributed by atoms with E-state index < -0.39 is 61.8 Å². The van der Waals surface area contributed by atoms with Crippen LogP contribution in [0.25, 0.3) is 16.6 Å². The molecule has 1 aromatic heterocycles. The average Bonchev–Trinajstić information content (AvgIpc) is 2.92. The molecule has 0 atom stereocenters. The van der Waals surface area contributed by atoms with Crippen molar-refractivity contribution in [1.29, 1.82) is 0 Å². The van der Waals surface area contributed by atoms with E-state index in [-0.39, 0.29) is 0 Å². The summed E-state index contributed by atoms with van der Waals surface area (Å²) in [6.07, 6.45) is -10.1. The van der Waals surface area contributed by atoms with Crippen molar-refractivity contribution >= 4 is 39.9 Å². The third-order valence-electron chi connectivity index (χ3n) is 3.68. The predicted octanol–water partition coefficient (Wildman–Crippen LogP) is 6.24. The summed E-state index contributed by atoms with van der Waals surface area (Å²) in [5.41, 5.74) is -3.48. The molecule has 3 rings (SSSR count). The molecule has 0 saturated carbocycles. The Morgan fingerprint density at radius 2 is 1.57 bits per heavy atom. The topological polar surface area (TPSA) is 34.9 Å². The molecule has 3 aromatic rings. The lowest BCUT2D eigenvalue weighted by Crippen LogP contribution is -2.23. The second kappa shape index (κ2) is 6.63. The monoisotopic (exact) mass is 444 g/mol. The standard InChI is InChI=1S/C16H5Cl2F7N2O/c17-8-4-6(15(20,21)22)5-9(18)13(8)27-12-7(2-1-3-10(12)19)11(26-27)14(28)16(23,24)25/h1-5H. The number of benzene rings is 2. The molecular weight excluding hydrogens is 440 g/mol. The van der Waals surface area contributed by atoms with Crippen LogP contribution in [0, 0.1) is 5.82 Å². The number of hydrogen-bond acceptors (Lipinski definition) is 2. The van der Waals surface area contributed by atoms with E-state index in [0.717, 1.165) is 18.2 Å². The van der Waals surface area contributed by atoms with Gasteiger partial charge in [-0.15, -0.1) is 0 Å². The van der Waals surface area contributed by atoms with E-state index in [1.54, 1.807) is 0 Å². The number of ketones is 1. The molecular formula is C16H5Cl2F7N2O. The van der Waals surface area contributed by atoms with Gasteiger partial charge in [-0.25, -0.2) is 9.07 Å². The molecule has 1 heterocycles. The summed E-state index contributed by atoms with van der Waals surface area (Å²) >= 11 is 11.7. The van der Waals surface area contributed by atoms with Crippen LogP contribution < -0.4 is 0 Å². The number of aromatic nitrogens is 2. The molecule has 0 amide bonds. The molecule has 0 aliphatic heterocycles.